The average Bonchev–Trinajstić information content (AvgIpc) is 3.25. The van der Waals surface area contributed by atoms with Crippen molar-refractivity contribution in [2.75, 3.05) is 11.1 Å². The summed E-state index contributed by atoms with van der Waals surface area (Å²) < 4.78 is 28.3. The van der Waals surface area contributed by atoms with Gasteiger partial charge in [0.15, 0.2) is 5.69 Å². The second kappa shape index (κ2) is 9.33. The Morgan fingerprint density at radius 2 is 1.97 bits per heavy atom. The highest BCUT2D eigenvalue weighted by Crippen LogP contribution is 2.26. The maximum absolute atomic E-state index is 12.4. The lowest BCUT2D eigenvalue weighted by Gasteiger charge is -2.12. The van der Waals surface area contributed by atoms with Gasteiger partial charge in [-0.3, -0.25) is 9.52 Å². The number of hydrogen-bond donors (Lipinski definition) is 1. The Hall–Kier alpha value is -3.49. The third-order valence-corrected chi connectivity index (χ3v) is 7.03. The summed E-state index contributed by atoms with van der Waals surface area (Å²) in [6.45, 7) is 0. The number of fused-ring (bicyclic) bond motifs is 1. The molecule has 2 heterocycles. The highest BCUT2D eigenvalue weighted by atomic mass is 32.2. The minimum Gasteiger partial charge on any atom is -0.366 e. The minimum atomic E-state index is -3.97. The molecule has 0 saturated heterocycles. The van der Waals surface area contributed by atoms with Crippen LogP contribution in [0.1, 0.15) is 23.2 Å². The maximum Gasteiger partial charge on any atom is 0.257 e. The van der Waals surface area contributed by atoms with Gasteiger partial charge in [-0.05, 0) is 67.3 Å². The van der Waals surface area contributed by atoms with E-state index in [1.807, 2.05) is 6.07 Å². The van der Waals surface area contributed by atoms with Crippen molar-refractivity contribution < 1.29 is 18.2 Å². The molecule has 0 spiro atoms. The van der Waals surface area contributed by atoms with Gasteiger partial charge in [0.1, 0.15) is 11.6 Å². The molecule has 1 aliphatic rings. The third-order valence-electron chi connectivity index (χ3n) is 4.75. The lowest BCUT2D eigenvalue weighted by atomic mass is 10.2. The molecular weight excluding hydrogens is 448 g/mol. The highest BCUT2D eigenvalue weighted by Gasteiger charge is 2.23. The monoisotopic (exact) mass is 466 g/mol. The molecule has 2 N–H and O–H groups in total. The molecular formula is C21H18N6O3S2. The molecule has 32 heavy (non-hydrogen) atoms. The van der Waals surface area contributed by atoms with Crippen molar-refractivity contribution in [1.82, 2.24) is 9.97 Å². The number of amides is 1. The fraction of sp³-hybridized carbons (Fsp3) is 0.190. The van der Waals surface area contributed by atoms with Crippen LogP contribution >= 0.6 is 11.8 Å². The maximum atomic E-state index is 12.4. The van der Waals surface area contributed by atoms with Crippen LogP contribution in [0, 0.1) is 11.3 Å². The summed E-state index contributed by atoms with van der Waals surface area (Å²) >= 11 is 1.26. The SMILES string of the molecule is N#Cc1cc2c([nH+]c1SCC(=O)Nc1ccc(S(=O)(=O)[N-]c3ncccn3)cc1)CCC2. The van der Waals surface area contributed by atoms with Crippen LogP contribution in [0.5, 0.6) is 0 Å². The van der Waals surface area contributed by atoms with Crippen LogP contribution in [0.25, 0.3) is 4.72 Å². The Labute approximate surface area is 189 Å². The van der Waals surface area contributed by atoms with Gasteiger partial charge in [-0.1, -0.05) is 6.07 Å². The Kier molecular flexibility index (Phi) is 6.34. The van der Waals surface area contributed by atoms with Crippen molar-refractivity contribution in [1.29, 1.82) is 5.26 Å². The van der Waals surface area contributed by atoms with E-state index in [2.05, 4.69) is 31.1 Å². The number of rotatable bonds is 7. The number of pyridine rings is 1. The predicted molar refractivity (Wildman–Crippen MR) is 118 cm³/mol. The molecule has 162 valence electrons. The molecule has 1 aliphatic carbocycles. The van der Waals surface area contributed by atoms with Gasteiger partial charge >= 0.3 is 0 Å². The first-order chi connectivity index (χ1) is 15.4. The fourth-order valence-corrected chi connectivity index (χ4v) is 4.95. The molecule has 0 unspecified atom stereocenters. The molecule has 11 heteroatoms. The lowest BCUT2D eigenvalue weighted by Crippen LogP contribution is -2.19. The van der Waals surface area contributed by atoms with Crippen LogP contribution < -0.4 is 10.3 Å². The van der Waals surface area contributed by atoms with E-state index < -0.39 is 10.0 Å². The van der Waals surface area contributed by atoms with Crippen LogP contribution in [0.15, 0.2) is 58.7 Å². The number of carbonyl (C=O) groups excluding carboxylic acids is 1. The van der Waals surface area contributed by atoms with Crippen molar-refractivity contribution in [3.05, 3.63) is 70.3 Å². The van der Waals surface area contributed by atoms with Gasteiger partial charge in [-0.15, -0.1) is 0 Å². The van der Waals surface area contributed by atoms with Gasteiger partial charge in [-0.2, -0.15) is 5.26 Å². The molecule has 3 aromatic rings. The Morgan fingerprint density at radius 1 is 1.22 bits per heavy atom. The number of benzene rings is 1. The summed E-state index contributed by atoms with van der Waals surface area (Å²) in [5, 5.41) is 12.8. The van der Waals surface area contributed by atoms with Gasteiger partial charge in [0.2, 0.25) is 15.9 Å². The van der Waals surface area contributed by atoms with Gasteiger partial charge in [0.25, 0.3) is 5.03 Å². The standard InChI is InChI=1S/C21H18N6O3S2/c22-12-15-11-14-3-1-4-18(14)26-20(15)31-13-19(28)25-16-5-7-17(8-6-16)32(29,30)27-21-23-9-2-10-24-21/h2,5-11H,1,3-4,13H2,(H2,23,24,25,27,28). The van der Waals surface area contributed by atoms with Gasteiger partial charge in [-0.25, -0.2) is 13.4 Å². The number of nitriles is 1. The number of anilines is 1. The third kappa shape index (κ3) is 5.04. The molecule has 0 saturated carbocycles. The molecule has 1 amide bonds. The van der Waals surface area contributed by atoms with E-state index in [1.165, 1.54) is 48.4 Å². The lowest BCUT2D eigenvalue weighted by molar-refractivity contribution is -0.437. The molecule has 0 bridgehead atoms. The zero-order valence-corrected chi connectivity index (χ0v) is 18.4. The summed E-state index contributed by atoms with van der Waals surface area (Å²) in [7, 11) is -3.97. The van der Waals surface area contributed by atoms with Crippen molar-refractivity contribution in [2.24, 2.45) is 0 Å². The van der Waals surface area contributed by atoms with Crippen molar-refractivity contribution >= 4 is 39.3 Å². The number of aryl methyl sites for hydroxylation is 2. The van der Waals surface area contributed by atoms with Crippen LogP contribution in [-0.4, -0.2) is 30.0 Å². The quantitative estimate of drug-likeness (QED) is 0.528. The van der Waals surface area contributed by atoms with Gasteiger partial charge in [0, 0.05) is 23.6 Å². The predicted octanol–water partition coefficient (Wildman–Crippen LogP) is 2.78. The molecule has 0 fully saturated rings. The number of nitrogens with one attached hydrogen (secondary N) is 2. The normalized spacial score (nSPS) is 12.6. The van der Waals surface area contributed by atoms with Gasteiger partial charge < -0.3 is 15.3 Å². The van der Waals surface area contributed by atoms with Crippen molar-refractivity contribution in [3.63, 3.8) is 0 Å². The van der Waals surface area contributed by atoms with E-state index in [0.29, 0.717) is 16.3 Å². The van der Waals surface area contributed by atoms with E-state index in [0.717, 1.165) is 30.5 Å². The van der Waals surface area contributed by atoms with Crippen LogP contribution in [0.3, 0.4) is 0 Å². The van der Waals surface area contributed by atoms with Crippen LogP contribution in [0.2, 0.25) is 0 Å². The summed E-state index contributed by atoms with van der Waals surface area (Å²) in [6.07, 6.45) is 5.76. The van der Waals surface area contributed by atoms with E-state index in [-0.39, 0.29) is 22.5 Å². The molecule has 9 nitrogen and oxygen atoms in total. The molecule has 0 atom stereocenters. The number of nitrogens with zero attached hydrogens (tertiary/aromatic N) is 4. The molecule has 0 aliphatic heterocycles. The Morgan fingerprint density at radius 3 is 2.69 bits per heavy atom. The molecule has 2 aromatic heterocycles. The number of sulfonamides is 1. The van der Waals surface area contributed by atoms with E-state index >= 15 is 0 Å². The highest BCUT2D eigenvalue weighted by molar-refractivity contribution is 7.99. The Balaban J connectivity index is 1.37. The molecule has 1 aromatic carbocycles. The summed E-state index contributed by atoms with van der Waals surface area (Å²) in [4.78, 5) is 23.2. The number of aromatic amines is 1. The second-order valence-electron chi connectivity index (χ2n) is 6.96. The first kappa shape index (κ1) is 21.7. The summed E-state index contributed by atoms with van der Waals surface area (Å²) in [5.41, 5.74) is 3.26. The number of H-pyrrole nitrogens is 1. The largest absolute Gasteiger partial charge is 0.366 e. The van der Waals surface area contributed by atoms with Crippen LogP contribution in [0.4, 0.5) is 11.6 Å². The minimum absolute atomic E-state index is 0.0382. The topological polar surface area (TPSA) is 141 Å². The fourth-order valence-electron chi connectivity index (χ4n) is 3.25. The van der Waals surface area contributed by atoms with E-state index in [1.54, 1.807) is 6.07 Å². The number of carbonyl (C=O) groups is 1. The molecule has 4 rings (SSSR count). The first-order valence-electron chi connectivity index (χ1n) is 9.70. The smallest absolute Gasteiger partial charge is 0.257 e. The van der Waals surface area contributed by atoms with Gasteiger partial charge in [0.05, 0.1) is 10.6 Å². The number of thioether (sulfide) groups is 1. The van der Waals surface area contributed by atoms with E-state index in [9.17, 15) is 18.5 Å². The number of aromatic nitrogens is 3. The van der Waals surface area contributed by atoms with Crippen LogP contribution in [-0.2, 0) is 27.7 Å². The Bertz CT molecular complexity index is 1290. The average molecular weight is 467 g/mol. The second-order valence-corrected chi connectivity index (χ2v) is 9.55. The molecule has 0 radical (unpaired) electrons. The first-order valence-corrected chi connectivity index (χ1v) is 12.1. The van der Waals surface area contributed by atoms with E-state index in [4.69, 9.17) is 0 Å². The zero-order valence-electron chi connectivity index (χ0n) is 16.8. The number of hydrogen-bond acceptors (Lipinski definition) is 7. The summed E-state index contributed by atoms with van der Waals surface area (Å²) in [5.74, 6) is -0.321. The summed E-state index contributed by atoms with van der Waals surface area (Å²) in [6, 6.07) is 11.3. The zero-order chi connectivity index (χ0) is 22.6. The van der Waals surface area contributed by atoms with Crippen molar-refractivity contribution in [2.45, 2.75) is 29.2 Å². The van der Waals surface area contributed by atoms with Crippen molar-refractivity contribution in [3.8, 4) is 6.07 Å².